The smallest absolute Gasteiger partial charge is 0.240 e. The number of nitrogens with zero attached hydrogens (tertiary/aromatic N) is 3. The van der Waals surface area contributed by atoms with Gasteiger partial charge in [-0.15, -0.1) is 0 Å². The molecule has 2 aromatic rings. The summed E-state index contributed by atoms with van der Waals surface area (Å²) in [5.74, 6) is 0.863. The van der Waals surface area contributed by atoms with Crippen molar-refractivity contribution < 1.29 is 8.42 Å². The second-order valence-electron chi connectivity index (χ2n) is 7.45. The van der Waals surface area contributed by atoms with Gasteiger partial charge in [-0.2, -0.15) is 0 Å². The van der Waals surface area contributed by atoms with Gasteiger partial charge in [0.1, 0.15) is 0 Å². The van der Waals surface area contributed by atoms with E-state index in [2.05, 4.69) is 56.9 Å². The normalized spacial score (nSPS) is 15.4. The molecule has 1 aliphatic heterocycles. The van der Waals surface area contributed by atoms with Gasteiger partial charge >= 0.3 is 0 Å². The van der Waals surface area contributed by atoms with Crippen LogP contribution in [-0.4, -0.2) is 59.6 Å². The van der Waals surface area contributed by atoms with Crippen molar-refractivity contribution in [2.24, 2.45) is 4.99 Å². The minimum atomic E-state index is -3.41. The van der Waals surface area contributed by atoms with E-state index in [1.807, 2.05) is 12.1 Å². The van der Waals surface area contributed by atoms with E-state index in [1.165, 1.54) is 23.9 Å². The molecular weight excluding hydrogens is 398 g/mol. The zero-order valence-electron chi connectivity index (χ0n) is 18.1. The van der Waals surface area contributed by atoms with Crippen LogP contribution in [0, 0.1) is 13.8 Å². The molecule has 1 saturated heterocycles. The SMILES string of the molecule is CN=C(NCc1ccc(S(=O)(=O)NC)cc1)N1CCN(c2cccc(C)c2C)CC1. The zero-order chi connectivity index (χ0) is 21.7. The van der Waals surface area contributed by atoms with Gasteiger partial charge in [-0.05, 0) is 55.8 Å². The molecule has 2 aromatic carbocycles. The predicted octanol–water partition coefficient (Wildman–Crippen LogP) is 2.11. The van der Waals surface area contributed by atoms with Gasteiger partial charge in [0.2, 0.25) is 10.0 Å². The molecule has 1 aliphatic rings. The first-order valence-corrected chi connectivity index (χ1v) is 11.6. The number of sulfonamides is 1. The summed E-state index contributed by atoms with van der Waals surface area (Å²) in [6.45, 7) is 8.61. The van der Waals surface area contributed by atoms with E-state index < -0.39 is 10.0 Å². The van der Waals surface area contributed by atoms with Crippen molar-refractivity contribution in [1.82, 2.24) is 14.9 Å². The molecule has 0 aromatic heterocycles. The maximum atomic E-state index is 11.8. The Morgan fingerprint density at radius 1 is 1.03 bits per heavy atom. The molecule has 0 atom stereocenters. The van der Waals surface area contributed by atoms with Gasteiger partial charge in [0, 0.05) is 45.5 Å². The van der Waals surface area contributed by atoms with Crippen LogP contribution in [-0.2, 0) is 16.6 Å². The van der Waals surface area contributed by atoms with Crippen molar-refractivity contribution in [1.29, 1.82) is 0 Å². The molecule has 0 saturated carbocycles. The van der Waals surface area contributed by atoms with Crippen LogP contribution < -0.4 is 14.9 Å². The first kappa shape index (κ1) is 22.1. The number of hydrogen-bond donors (Lipinski definition) is 2. The van der Waals surface area contributed by atoms with E-state index in [1.54, 1.807) is 19.2 Å². The Hall–Kier alpha value is -2.58. The monoisotopic (exact) mass is 429 g/mol. The quantitative estimate of drug-likeness (QED) is 0.562. The van der Waals surface area contributed by atoms with Crippen molar-refractivity contribution >= 4 is 21.7 Å². The first-order chi connectivity index (χ1) is 14.4. The maximum Gasteiger partial charge on any atom is 0.240 e. The van der Waals surface area contributed by atoms with Crippen LogP contribution in [0.3, 0.4) is 0 Å². The number of anilines is 1. The van der Waals surface area contributed by atoms with Crippen molar-refractivity contribution in [3.8, 4) is 0 Å². The van der Waals surface area contributed by atoms with Gasteiger partial charge < -0.3 is 15.1 Å². The lowest BCUT2D eigenvalue weighted by Crippen LogP contribution is -2.52. The molecule has 2 N–H and O–H groups in total. The van der Waals surface area contributed by atoms with Crippen LogP contribution in [0.2, 0.25) is 0 Å². The summed E-state index contributed by atoms with van der Waals surface area (Å²) >= 11 is 0. The van der Waals surface area contributed by atoms with Gasteiger partial charge in [0.15, 0.2) is 5.96 Å². The summed E-state index contributed by atoms with van der Waals surface area (Å²) in [5.41, 5.74) is 4.98. The number of piperazine rings is 1. The highest BCUT2D eigenvalue weighted by Gasteiger charge is 2.21. The van der Waals surface area contributed by atoms with Crippen LogP contribution in [0.1, 0.15) is 16.7 Å². The van der Waals surface area contributed by atoms with Crippen LogP contribution >= 0.6 is 0 Å². The average Bonchev–Trinajstić information content (AvgIpc) is 2.77. The molecule has 1 fully saturated rings. The molecule has 1 heterocycles. The number of aliphatic imine (C=N–C) groups is 1. The zero-order valence-corrected chi connectivity index (χ0v) is 19.0. The Balaban J connectivity index is 1.57. The van der Waals surface area contributed by atoms with Crippen molar-refractivity contribution in [3.05, 3.63) is 59.2 Å². The average molecular weight is 430 g/mol. The second-order valence-corrected chi connectivity index (χ2v) is 9.33. The largest absolute Gasteiger partial charge is 0.368 e. The van der Waals surface area contributed by atoms with Gasteiger partial charge in [-0.1, -0.05) is 24.3 Å². The van der Waals surface area contributed by atoms with Gasteiger partial charge in [0.25, 0.3) is 0 Å². The predicted molar refractivity (Wildman–Crippen MR) is 123 cm³/mol. The minimum Gasteiger partial charge on any atom is -0.368 e. The molecule has 3 rings (SSSR count). The van der Waals surface area contributed by atoms with E-state index >= 15 is 0 Å². The fourth-order valence-corrected chi connectivity index (χ4v) is 4.39. The van der Waals surface area contributed by atoms with Gasteiger partial charge in [0.05, 0.1) is 4.90 Å². The number of benzene rings is 2. The van der Waals surface area contributed by atoms with Crippen molar-refractivity contribution in [2.75, 3.05) is 45.2 Å². The topological polar surface area (TPSA) is 77.0 Å². The van der Waals surface area contributed by atoms with E-state index in [9.17, 15) is 8.42 Å². The number of hydrogen-bond acceptors (Lipinski definition) is 4. The lowest BCUT2D eigenvalue weighted by Gasteiger charge is -2.38. The van der Waals surface area contributed by atoms with Crippen LogP contribution in [0.15, 0.2) is 52.4 Å². The lowest BCUT2D eigenvalue weighted by atomic mass is 10.1. The molecule has 7 nitrogen and oxygen atoms in total. The van der Waals surface area contributed by atoms with Crippen LogP contribution in [0.4, 0.5) is 5.69 Å². The van der Waals surface area contributed by atoms with E-state index in [-0.39, 0.29) is 4.90 Å². The summed E-state index contributed by atoms with van der Waals surface area (Å²) in [7, 11) is -0.204. The molecule has 8 heteroatoms. The van der Waals surface area contributed by atoms with Crippen molar-refractivity contribution in [3.63, 3.8) is 0 Å². The summed E-state index contributed by atoms with van der Waals surface area (Å²) < 4.78 is 26.0. The number of guanidine groups is 1. The molecule has 0 spiro atoms. The maximum absolute atomic E-state index is 11.8. The third-order valence-corrected chi connectivity index (χ3v) is 7.09. The Bertz CT molecular complexity index is 995. The molecule has 0 amide bonds. The molecule has 30 heavy (non-hydrogen) atoms. The fourth-order valence-electron chi connectivity index (χ4n) is 3.66. The highest BCUT2D eigenvalue weighted by molar-refractivity contribution is 7.89. The second kappa shape index (κ2) is 9.49. The Kier molecular flexibility index (Phi) is 6.99. The van der Waals surface area contributed by atoms with Gasteiger partial charge in [-0.25, -0.2) is 13.1 Å². The highest BCUT2D eigenvalue weighted by Crippen LogP contribution is 2.23. The minimum absolute atomic E-state index is 0.265. The van der Waals surface area contributed by atoms with Crippen LogP contribution in [0.25, 0.3) is 0 Å². The Labute approximate surface area is 179 Å². The lowest BCUT2D eigenvalue weighted by molar-refractivity contribution is 0.372. The molecule has 162 valence electrons. The fraction of sp³-hybridized carbons (Fsp3) is 0.409. The molecule has 0 unspecified atom stereocenters. The summed E-state index contributed by atoms with van der Waals surface area (Å²) in [4.78, 5) is 9.40. The molecule has 0 aliphatic carbocycles. The highest BCUT2D eigenvalue weighted by atomic mass is 32.2. The third kappa shape index (κ3) is 4.94. The van der Waals surface area contributed by atoms with E-state index in [4.69, 9.17) is 0 Å². The Morgan fingerprint density at radius 2 is 1.70 bits per heavy atom. The number of nitrogens with one attached hydrogen (secondary N) is 2. The Morgan fingerprint density at radius 3 is 2.30 bits per heavy atom. The number of rotatable bonds is 5. The summed E-state index contributed by atoms with van der Waals surface area (Å²) in [6.07, 6.45) is 0. The van der Waals surface area contributed by atoms with Crippen molar-refractivity contribution in [2.45, 2.75) is 25.3 Å². The van der Waals surface area contributed by atoms with E-state index in [0.29, 0.717) is 6.54 Å². The van der Waals surface area contributed by atoms with Crippen LogP contribution in [0.5, 0.6) is 0 Å². The standard InChI is InChI=1S/C22H31N5O2S/c1-17-6-5-7-21(18(17)2)26-12-14-27(15-13-26)22(23-3)25-16-19-8-10-20(11-9-19)30(28,29)24-4/h5-11,24H,12-16H2,1-4H3,(H,23,25). The summed E-state index contributed by atoms with van der Waals surface area (Å²) in [6, 6.07) is 13.4. The molecule has 0 bridgehead atoms. The van der Waals surface area contributed by atoms with Gasteiger partial charge in [-0.3, -0.25) is 4.99 Å². The van der Waals surface area contributed by atoms with E-state index in [0.717, 1.165) is 37.7 Å². The summed E-state index contributed by atoms with van der Waals surface area (Å²) in [5, 5.41) is 3.40. The molecular formula is C22H31N5O2S. The molecule has 0 radical (unpaired) electrons. The first-order valence-electron chi connectivity index (χ1n) is 10.1. The number of aryl methyl sites for hydroxylation is 1. The third-order valence-electron chi connectivity index (χ3n) is 5.66.